The third-order valence-electron chi connectivity index (χ3n) is 3.75. The summed E-state index contributed by atoms with van der Waals surface area (Å²) in [5.74, 6) is 0.476. The number of hydrogen-bond acceptors (Lipinski definition) is 3. The van der Waals surface area contributed by atoms with Crippen LogP contribution < -0.4 is 4.74 Å². The molecule has 3 nitrogen and oxygen atoms in total. The average molecular weight is 293 g/mol. The van der Waals surface area contributed by atoms with E-state index >= 15 is 0 Å². The molecule has 0 fully saturated rings. The molecule has 0 spiro atoms. The minimum absolute atomic E-state index is 0.0528. The van der Waals surface area contributed by atoms with E-state index in [1.165, 1.54) is 5.56 Å². The topological polar surface area (TPSA) is 50.1 Å². The van der Waals surface area contributed by atoms with E-state index in [9.17, 15) is 4.79 Å². The van der Waals surface area contributed by atoms with Crippen LogP contribution in [0.5, 0.6) is 5.75 Å². The number of Topliss-reactive ketones (excluding diaryl/α,β-unsaturated/α-hetero) is 1. The van der Waals surface area contributed by atoms with Gasteiger partial charge in [-0.05, 0) is 68.7 Å². The van der Waals surface area contributed by atoms with Gasteiger partial charge in [-0.1, -0.05) is 12.1 Å². The van der Waals surface area contributed by atoms with E-state index in [1.807, 2.05) is 32.9 Å². The Hall–Kier alpha value is -2.60. The van der Waals surface area contributed by atoms with Crippen LogP contribution in [0.1, 0.15) is 39.5 Å². The van der Waals surface area contributed by atoms with Gasteiger partial charge in [0.05, 0.1) is 11.6 Å². The number of ketones is 1. The van der Waals surface area contributed by atoms with E-state index in [4.69, 9.17) is 10.00 Å². The molecule has 0 unspecified atom stereocenters. The molecular formula is C19H19NO2. The highest BCUT2D eigenvalue weighted by atomic mass is 16.5. The van der Waals surface area contributed by atoms with Crippen molar-refractivity contribution in [1.29, 1.82) is 5.26 Å². The summed E-state index contributed by atoms with van der Waals surface area (Å²) < 4.78 is 5.70. The molecule has 2 aromatic rings. The lowest BCUT2D eigenvalue weighted by atomic mass is 9.96. The Labute approximate surface area is 131 Å². The van der Waals surface area contributed by atoms with Crippen LogP contribution in [0.4, 0.5) is 0 Å². The molecule has 0 amide bonds. The molecule has 0 radical (unpaired) electrons. The van der Waals surface area contributed by atoms with Crippen molar-refractivity contribution in [3.8, 4) is 11.8 Å². The van der Waals surface area contributed by atoms with Crippen LogP contribution in [0.3, 0.4) is 0 Å². The van der Waals surface area contributed by atoms with E-state index in [0.29, 0.717) is 16.9 Å². The number of rotatable bonds is 4. The van der Waals surface area contributed by atoms with Crippen LogP contribution in [0.15, 0.2) is 36.4 Å². The third kappa shape index (κ3) is 3.35. The maximum absolute atomic E-state index is 12.6. The van der Waals surface area contributed by atoms with Gasteiger partial charge in [-0.3, -0.25) is 4.79 Å². The standard InChI is InChI=1S/C19H19NO2/c1-12-8-14(3)18(9-13(12)2)19(21)15(4)22-17-7-5-6-16(10-17)11-20/h5-10,15H,1-4H3/t15-/m1/s1. The first kappa shape index (κ1) is 15.8. The number of aryl methyl sites for hydroxylation is 3. The van der Waals surface area contributed by atoms with E-state index < -0.39 is 6.10 Å². The van der Waals surface area contributed by atoms with Crippen LogP contribution in [0.2, 0.25) is 0 Å². The Morgan fingerprint density at radius 1 is 1.09 bits per heavy atom. The Bertz CT molecular complexity index is 757. The SMILES string of the molecule is Cc1cc(C)c(C(=O)[C@@H](C)Oc2cccc(C#N)c2)cc1C. The largest absolute Gasteiger partial charge is 0.483 e. The predicted octanol–water partition coefficient (Wildman–Crippen LogP) is 4.13. The van der Waals surface area contributed by atoms with Crippen molar-refractivity contribution in [3.63, 3.8) is 0 Å². The van der Waals surface area contributed by atoms with Gasteiger partial charge >= 0.3 is 0 Å². The van der Waals surface area contributed by atoms with Crippen molar-refractivity contribution in [2.24, 2.45) is 0 Å². The van der Waals surface area contributed by atoms with Crippen molar-refractivity contribution >= 4 is 5.78 Å². The highest BCUT2D eigenvalue weighted by Gasteiger charge is 2.19. The minimum Gasteiger partial charge on any atom is -0.483 e. The molecule has 2 aromatic carbocycles. The lowest BCUT2D eigenvalue weighted by molar-refractivity contribution is 0.0817. The van der Waals surface area contributed by atoms with Gasteiger partial charge in [0, 0.05) is 5.56 Å². The van der Waals surface area contributed by atoms with Gasteiger partial charge in [0.15, 0.2) is 6.10 Å². The molecule has 2 rings (SSSR count). The Kier molecular flexibility index (Phi) is 4.62. The average Bonchev–Trinajstić information content (AvgIpc) is 2.50. The Balaban J connectivity index is 2.22. The maximum atomic E-state index is 12.6. The number of nitrogens with zero attached hydrogens (tertiary/aromatic N) is 1. The number of hydrogen-bond donors (Lipinski definition) is 0. The zero-order chi connectivity index (χ0) is 16.3. The van der Waals surface area contributed by atoms with Gasteiger partial charge < -0.3 is 4.74 Å². The predicted molar refractivity (Wildman–Crippen MR) is 86.2 cm³/mol. The smallest absolute Gasteiger partial charge is 0.203 e. The fourth-order valence-electron chi connectivity index (χ4n) is 2.34. The number of nitriles is 1. The summed E-state index contributed by atoms with van der Waals surface area (Å²) in [7, 11) is 0. The van der Waals surface area contributed by atoms with Crippen molar-refractivity contribution in [2.75, 3.05) is 0 Å². The third-order valence-corrected chi connectivity index (χ3v) is 3.75. The Morgan fingerprint density at radius 3 is 2.45 bits per heavy atom. The summed E-state index contributed by atoms with van der Waals surface area (Å²) in [6.07, 6.45) is -0.602. The second-order valence-corrected chi connectivity index (χ2v) is 5.52. The fourth-order valence-corrected chi connectivity index (χ4v) is 2.34. The molecule has 0 aliphatic heterocycles. The highest BCUT2D eigenvalue weighted by Crippen LogP contribution is 2.20. The van der Waals surface area contributed by atoms with Gasteiger partial charge in [0.1, 0.15) is 5.75 Å². The summed E-state index contributed by atoms with van der Waals surface area (Å²) in [5.41, 5.74) is 4.41. The lowest BCUT2D eigenvalue weighted by Gasteiger charge is -2.16. The van der Waals surface area contributed by atoms with Crippen molar-refractivity contribution in [3.05, 3.63) is 64.2 Å². The molecule has 112 valence electrons. The first-order chi connectivity index (χ1) is 10.4. The molecule has 0 aliphatic rings. The maximum Gasteiger partial charge on any atom is 0.203 e. The molecule has 0 saturated carbocycles. The summed E-state index contributed by atoms with van der Waals surface area (Å²) in [4.78, 5) is 12.6. The molecule has 3 heteroatoms. The Morgan fingerprint density at radius 2 is 1.77 bits per heavy atom. The quantitative estimate of drug-likeness (QED) is 0.796. The van der Waals surface area contributed by atoms with E-state index in [2.05, 4.69) is 6.07 Å². The molecule has 22 heavy (non-hydrogen) atoms. The molecule has 0 N–H and O–H groups in total. The summed E-state index contributed by atoms with van der Waals surface area (Å²) in [6, 6.07) is 12.8. The summed E-state index contributed by atoms with van der Waals surface area (Å²) >= 11 is 0. The number of carbonyl (C=O) groups is 1. The molecule has 1 atom stereocenters. The van der Waals surface area contributed by atoms with Crippen molar-refractivity contribution < 1.29 is 9.53 Å². The number of benzene rings is 2. The van der Waals surface area contributed by atoms with E-state index in [-0.39, 0.29) is 5.78 Å². The van der Waals surface area contributed by atoms with Crippen LogP contribution in [-0.2, 0) is 0 Å². The molecule has 0 saturated heterocycles. The van der Waals surface area contributed by atoms with Crippen LogP contribution in [0, 0.1) is 32.1 Å². The van der Waals surface area contributed by atoms with Crippen molar-refractivity contribution in [1.82, 2.24) is 0 Å². The van der Waals surface area contributed by atoms with E-state index in [0.717, 1.165) is 11.1 Å². The molecule has 0 bridgehead atoms. The molecule has 0 aliphatic carbocycles. The van der Waals surface area contributed by atoms with Crippen LogP contribution >= 0.6 is 0 Å². The first-order valence-electron chi connectivity index (χ1n) is 7.21. The fraction of sp³-hybridized carbons (Fsp3) is 0.263. The van der Waals surface area contributed by atoms with Gasteiger partial charge in [-0.15, -0.1) is 0 Å². The number of ether oxygens (including phenoxy) is 1. The first-order valence-corrected chi connectivity index (χ1v) is 7.21. The number of carbonyl (C=O) groups excluding carboxylic acids is 1. The summed E-state index contributed by atoms with van der Waals surface area (Å²) in [5, 5.41) is 8.90. The zero-order valence-electron chi connectivity index (χ0n) is 13.3. The van der Waals surface area contributed by atoms with E-state index in [1.54, 1.807) is 31.2 Å². The molecular weight excluding hydrogens is 274 g/mol. The monoisotopic (exact) mass is 293 g/mol. The van der Waals surface area contributed by atoms with Gasteiger partial charge in [0.2, 0.25) is 5.78 Å². The van der Waals surface area contributed by atoms with Crippen LogP contribution in [-0.4, -0.2) is 11.9 Å². The van der Waals surface area contributed by atoms with Crippen LogP contribution in [0.25, 0.3) is 0 Å². The molecule has 0 aromatic heterocycles. The van der Waals surface area contributed by atoms with Gasteiger partial charge in [-0.2, -0.15) is 5.26 Å². The van der Waals surface area contributed by atoms with Gasteiger partial charge in [0.25, 0.3) is 0 Å². The zero-order valence-corrected chi connectivity index (χ0v) is 13.3. The summed E-state index contributed by atoms with van der Waals surface area (Å²) in [6.45, 7) is 7.69. The van der Waals surface area contributed by atoms with Crippen molar-refractivity contribution in [2.45, 2.75) is 33.8 Å². The highest BCUT2D eigenvalue weighted by molar-refractivity contribution is 6.00. The lowest BCUT2D eigenvalue weighted by Crippen LogP contribution is -2.24. The normalized spacial score (nSPS) is 11.6. The second-order valence-electron chi connectivity index (χ2n) is 5.52. The second kappa shape index (κ2) is 6.44. The minimum atomic E-state index is -0.602. The van der Waals surface area contributed by atoms with Gasteiger partial charge in [-0.25, -0.2) is 0 Å². The molecule has 0 heterocycles.